The molecule has 0 unspecified atom stereocenters. The first kappa shape index (κ1) is 25.4. The fourth-order valence-corrected chi connectivity index (χ4v) is 4.91. The number of aromatic nitrogens is 2. The molecule has 2 rings (SSSR count). The Balaban J connectivity index is 1.91. The molecule has 31 heavy (non-hydrogen) atoms. The van der Waals surface area contributed by atoms with Crippen molar-refractivity contribution in [2.75, 3.05) is 45.8 Å². The highest BCUT2D eigenvalue weighted by Crippen LogP contribution is 2.34. The first-order valence-electron chi connectivity index (χ1n) is 9.71. The number of ether oxygens (including phenoxy) is 1. The number of benzene rings is 1. The fraction of sp³-hybridized carbons (Fsp3) is 0.500. The van der Waals surface area contributed by atoms with E-state index in [2.05, 4.69) is 15.3 Å². The van der Waals surface area contributed by atoms with Gasteiger partial charge in [-0.25, -0.2) is 4.68 Å². The van der Waals surface area contributed by atoms with E-state index < -0.39 is 23.3 Å². The number of carbonyl (C=O) groups is 1. The van der Waals surface area contributed by atoms with E-state index >= 15 is 0 Å². The quantitative estimate of drug-likeness (QED) is 0.363. The zero-order valence-electron chi connectivity index (χ0n) is 17.7. The van der Waals surface area contributed by atoms with Crippen LogP contribution in [0.1, 0.15) is 28.9 Å². The number of hydrogen-bond acceptors (Lipinski definition) is 6. The largest absolute Gasteiger partial charge is 0.497 e. The molecule has 1 aromatic heterocycles. The van der Waals surface area contributed by atoms with Crippen molar-refractivity contribution in [2.24, 2.45) is 0 Å². The SMILES string of the molecule is COc1ccc(-n2ncc(C(=O)NCCCCSSCCN(C)C)c2C(F)(F)F)cc1. The third-order valence-corrected chi connectivity index (χ3v) is 6.72. The van der Waals surface area contributed by atoms with E-state index in [4.69, 9.17) is 4.74 Å². The Kier molecular flexibility index (Phi) is 10.0. The van der Waals surface area contributed by atoms with Crippen molar-refractivity contribution < 1.29 is 22.7 Å². The van der Waals surface area contributed by atoms with Crippen LogP contribution in [0.25, 0.3) is 5.69 Å². The molecule has 6 nitrogen and oxygen atoms in total. The molecule has 0 aliphatic carbocycles. The number of nitrogens with one attached hydrogen (secondary N) is 1. The second-order valence-corrected chi connectivity index (χ2v) is 9.63. The first-order chi connectivity index (χ1) is 14.7. The van der Waals surface area contributed by atoms with Gasteiger partial charge in [-0.05, 0) is 51.2 Å². The average Bonchev–Trinajstić information content (AvgIpc) is 3.18. The van der Waals surface area contributed by atoms with Crippen LogP contribution < -0.4 is 10.1 Å². The summed E-state index contributed by atoms with van der Waals surface area (Å²) in [7, 11) is 9.08. The van der Waals surface area contributed by atoms with Gasteiger partial charge < -0.3 is 15.0 Å². The average molecular weight is 477 g/mol. The van der Waals surface area contributed by atoms with Crippen LogP contribution >= 0.6 is 21.6 Å². The zero-order chi connectivity index (χ0) is 22.9. The summed E-state index contributed by atoms with van der Waals surface area (Å²) in [6, 6.07) is 5.98. The number of rotatable bonds is 12. The highest BCUT2D eigenvalue weighted by molar-refractivity contribution is 8.76. The van der Waals surface area contributed by atoms with Gasteiger partial charge in [-0.3, -0.25) is 4.79 Å². The number of amides is 1. The fourth-order valence-electron chi connectivity index (χ4n) is 2.63. The normalized spacial score (nSPS) is 11.7. The third-order valence-electron chi connectivity index (χ3n) is 4.24. The van der Waals surface area contributed by atoms with E-state index in [0.717, 1.165) is 35.3 Å². The predicted molar refractivity (Wildman–Crippen MR) is 120 cm³/mol. The molecule has 0 radical (unpaired) electrons. The van der Waals surface area contributed by atoms with Crippen LogP contribution in [0.15, 0.2) is 30.5 Å². The maximum Gasteiger partial charge on any atom is 0.434 e. The predicted octanol–water partition coefficient (Wildman–Crippen LogP) is 4.35. The van der Waals surface area contributed by atoms with E-state index in [9.17, 15) is 18.0 Å². The van der Waals surface area contributed by atoms with Crippen molar-refractivity contribution in [3.8, 4) is 11.4 Å². The monoisotopic (exact) mass is 476 g/mol. The molecule has 1 amide bonds. The molecule has 0 saturated carbocycles. The lowest BCUT2D eigenvalue weighted by Crippen LogP contribution is -2.27. The number of methoxy groups -OCH3 is 1. The Labute approximate surface area is 188 Å². The summed E-state index contributed by atoms with van der Waals surface area (Å²) in [6.07, 6.45) is -2.21. The van der Waals surface area contributed by atoms with Crippen molar-refractivity contribution in [3.63, 3.8) is 0 Å². The van der Waals surface area contributed by atoms with Gasteiger partial charge in [0, 0.05) is 24.6 Å². The molecule has 0 spiro atoms. The number of unbranched alkanes of at least 4 members (excludes halogenated alkanes) is 1. The summed E-state index contributed by atoms with van der Waals surface area (Å²) in [5, 5.41) is 6.39. The highest BCUT2D eigenvalue weighted by atomic mass is 33.1. The Morgan fingerprint density at radius 2 is 1.84 bits per heavy atom. The molecule has 0 atom stereocenters. The van der Waals surface area contributed by atoms with Crippen LogP contribution in [0.3, 0.4) is 0 Å². The van der Waals surface area contributed by atoms with E-state index in [0.29, 0.717) is 18.7 Å². The van der Waals surface area contributed by atoms with Crippen molar-refractivity contribution >= 4 is 27.5 Å². The standard InChI is InChI=1S/C20H27F3N4O2S2/c1-26(2)11-13-31-30-12-5-4-10-24-19(28)17-14-25-27(18(17)20(21,22)23)15-6-8-16(29-3)9-7-15/h6-9,14H,4-5,10-13H2,1-3H3,(H,24,28). The molecule has 0 fully saturated rings. The lowest BCUT2D eigenvalue weighted by Gasteiger charge is -2.13. The van der Waals surface area contributed by atoms with Crippen LogP contribution in [0.5, 0.6) is 5.75 Å². The Bertz CT molecular complexity index is 827. The summed E-state index contributed by atoms with van der Waals surface area (Å²) in [4.78, 5) is 14.5. The lowest BCUT2D eigenvalue weighted by molar-refractivity contribution is -0.143. The minimum Gasteiger partial charge on any atom is -0.497 e. The van der Waals surface area contributed by atoms with Crippen LogP contribution in [-0.4, -0.2) is 66.4 Å². The van der Waals surface area contributed by atoms with Gasteiger partial charge in [0.2, 0.25) is 0 Å². The molecule has 0 aliphatic heterocycles. The van der Waals surface area contributed by atoms with Crippen LogP contribution in [0.2, 0.25) is 0 Å². The van der Waals surface area contributed by atoms with Gasteiger partial charge in [0.15, 0.2) is 5.69 Å². The Morgan fingerprint density at radius 3 is 2.45 bits per heavy atom. The number of halogens is 3. The minimum absolute atomic E-state index is 0.191. The van der Waals surface area contributed by atoms with Crippen molar-refractivity contribution in [1.29, 1.82) is 0 Å². The molecule has 11 heteroatoms. The van der Waals surface area contributed by atoms with Gasteiger partial charge in [-0.2, -0.15) is 18.3 Å². The summed E-state index contributed by atoms with van der Waals surface area (Å²) in [6.45, 7) is 1.33. The van der Waals surface area contributed by atoms with Gasteiger partial charge in [0.05, 0.1) is 24.6 Å². The van der Waals surface area contributed by atoms with Crippen LogP contribution in [0.4, 0.5) is 13.2 Å². The lowest BCUT2D eigenvalue weighted by atomic mass is 10.2. The van der Waals surface area contributed by atoms with Gasteiger partial charge in [-0.1, -0.05) is 21.6 Å². The molecular weight excluding hydrogens is 449 g/mol. The number of nitrogens with zero attached hydrogens (tertiary/aromatic N) is 3. The summed E-state index contributed by atoms with van der Waals surface area (Å²) < 4.78 is 46.9. The van der Waals surface area contributed by atoms with Crippen molar-refractivity contribution in [2.45, 2.75) is 19.0 Å². The van der Waals surface area contributed by atoms with Gasteiger partial charge in [-0.15, -0.1) is 0 Å². The Hall–Kier alpha value is -1.85. The molecule has 172 valence electrons. The molecule has 0 aliphatic rings. The maximum atomic E-state index is 13.7. The minimum atomic E-state index is -4.73. The molecule has 1 aromatic carbocycles. The van der Waals surface area contributed by atoms with Crippen LogP contribution in [-0.2, 0) is 6.18 Å². The van der Waals surface area contributed by atoms with Gasteiger partial charge in [0.1, 0.15) is 5.75 Å². The number of alkyl halides is 3. The van der Waals surface area contributed by atoms with E-state index in [-0.39, 0.29) is 5.69 Å². The highest BCUT2D eigenvalue weighted by Gasteiger charge is 2.40. The number of hydrogen-bond donors (Lipinski definition) is 1. The first-order valence-corrected chi connectivity index (χ1v) is 12.2. The van der Waals surface area contributed by atoms with E-state index in [1.165, 1.54) is 31.4 Å². The summed E-state index contributed by atoms with van der Waals surface area (Å²) in [5.41, 5.74) is -1.39. The number of carbonyl (C=O) groups excluding carboxylic acids is 1. The third kappa shape index (κ3) is 7.97. The second-order valence-electron chi connectivity index (χ2n) is 6.92. The molecule has 2 aromatic rings. The molecule has 1 heterocycles. The molecule has 0 bridgehead atoms. The maximum absolute atomic E-state index is 13.7. The van der Waals surface area contributed by atoms with Crippen LogP contribution in [0, 0.1) is 0 Å². The van der Waals surface area contributed by atoms with Crippen molar-refractivity contribution in [3.05, 3.63) is 41.7 Å². The zero-order valence-corrected chi connectivity index (χ0v) is 19.4. The summed E-state index contributed by atoms with van der Waals surface area (Å²) >= 11 is 0. The topological polar surface area (TPSA) is 59.4 Å². The van der Waals surface area contributed by atoms with Gasteiger partial charge >= 0.3 is 6.18 Å². The Morgan fingerprint density at radius 1 is 1.16 bits per heavy atom. The van der Waals surface area contributed by atoms with Crippen molar-refractivity contribution in [1.82, 2.24) is 20.0 Å². The molecule has 0 saturated heterocycles. The van der Waals surface area contributed by atoms with E-state index in [1.54, 1.807) is 21.6 Å². The smallest absolute Gasteiger partial charge is 0.434 e. The van der Waals surface area contributed by atoms with Gasteiger partial charge in [0.25, 0.3) is 5.91 Å². The summed E-state index contributed by atoms with van der Waals surface area (Å²) in [5.74, 6) is 1.70. The molecule has 1 N–H and O–H groups in total. The molecular formula is C20H27F3N4O2S2. The second kappa shape index (κ2) is 12.3. The van der Waals surface area contributed by atoms with E-state index in [1.807, 2.05) is 14.1 Å².